The summed E-state index contributed by atoms with van der Waals surface area (Å²) >= 11 is 0. The third-order valence-electron chi connectivity index (χ3n) is 2.46. The molecule has 0 bridgehead atoms. The van der Waals surface area contributed by atoms with Crippen molar-refractivity contribution in [1.29, 1.82) is 0 Å². The van der Waals surface area contributed by atoms with E-state index < -0.39 is 0 Å². The van der Waals surface area contributed by atoms with E-state index in [2.05, 4.69) is 5.10 Å². The lowest BCUT2D eigenvalue weighted by Gasteiger charge is -2.03. The maximum Gasteiger partial charge on any atom is 0.101 e. The molecule has 1 unspecified atom stereocenters. The molecular formula is C9H15N3O. The van der Waals surface area contributed by atoms with Crippen LogP contribution < -0.4 is 5.73 Å². The zero-order valence-corrected chi connectivity index (χ0v) is 7.86. The number of hydrogen-bond acceptors (Lipinski definition) is 3. The van der Waals surface area contributed by atoms with E-state index in [0.29, 0.717) is 6.54 Å². The molecule has 1 aliphatic heterocycles. The van der Waals surface area contributed by atoms with Crippen LogP contribution in [0.3, 0.4) is 0 Å². The molecule has 1 aromatic heterocycles. The van der Waals surface area contributed by atoms with Crippen LogP contribution in [0.25, 0.3) is 0 Å². The van der Waals surface area contributed by atoms with Crippen molar-refractivity contribution >= 4 is 0 Å². The van der Waals surface area contributed by atoms with Crippen molar-refractivity contribution in [2.75, 3.05) is 6.61 Å². The van der Waals surface area contributed by atoms with E-state index in [1.807, 2.05) is 17.8 Å². The van der Waals surface area contributed by atoms with Crippen LogP contribution in [-0.2, 0) is 18.3 Å². The van der Waals surface area contributed by atoms with Crippen molar-refractivity contribution < 1.29 is 4.74 Å². The fourth-order valence-corrected chi connectivity index (χ4v) is 1.69. The number of nitrogens with zero attached hydrogens (tertiary/aromatic N) is 2. The van der Waals surface area contributed by atoms with Crippen LogP contribution in [0, 0.1) is 0 Å². The van der Waals surface area contributed by atoms with Crippen molar-refractivity contribution in [2.24, 2.45) is 12.8 Å². The van der Waals surface area contributed by atoms with Gasteiger partial charge in [-0.05, 0) is 18.9 Å². The van der Waals surface area contributed by atoms with Gasteiger partial charge in [0.15, 0.2) is 0 Å². The molecule has 0 saturated carbocycles. The number of hydrogen-bond donors (Lipinski definition) is 1. The second-order valence-corrected chi connectivity index (χ2v) is 3.39. The highest BCUT2D eigenvalue weighted by Gasteiger charge is 2.20. The zero-order chi connectivity index (χ0) is 9.26. The van der Waals surface area contributed by atoms with Crippen LogP contribution in [-0.4, -0.2) is 16.4 Å². The third-order valence-corrected chi connectivity index (χ3v) is 2.46. The summed E-state index contributed by atoms with van der Waals surface area (Å²) in [5.74, 6) is 0. The molecule has 72 valence electrons. The van der Waals surface area contributed by atoms with Crippen molar-refractivity contribution in [3.8, 4) is 0 Å². The Kier molecular flexibility index (Phi) is 2.33. The van der Waals surface area contributed by atoms with Crippen LogP contribution in [0.5, 0.6) is 0 Å². The summed E-state index contributed by atoms with van der Waals surface area (Å²) in [7, 11) is 1.92. The maximum atomic E-state index is 5.56. The number of aromatic nitrogens is 2. The van der Waals surface area contributed by atoms with Crippen molar-refractivity contribution in [3.63, 3.8) is 0 Å². The van der Waals surface area contributed by atoms with E-state index in [4.69, 9.17) is 10.5 Å². The Morgan fingerprint density at radius 3 is 3.15 bits per heavy atom. The molecule has 4 heteroatoms. The molecule has 1 saturated heterocycles. The fraction of sp³-hybridized carbons (Fsp3) is 0.667. The summed E-state index contributed by atoms with van der Waals surface area (Å²) in [6, 6.07) is 2.04. The van der Waals surface area contributed by atoms with E-state index in [1.165, 1.54) is 0 Å². The molecule has 0 aliphatic carbocycles. The van der Waals surface area contributed by atoms with Crippen LogP contribution in [0.15, 0.2) is 6.07 Å². The molecule has 0 aromatic carbocycles. The van der Waals surface area contributed by atoms with Crippen LogP contribution in [0.4, 0.5) is 0 Å². The SMILES string of the molecule is Cn1nc(C2CCCO2)cc1CN. The van der Waals surface area contributed by atoms with Gasteiger partial charge in [-0.2, -0.15) is 5.10 Å². The van der Waals surface area contributed by atoms with Gasteiger partial charge in [0.05, 0.1) is 11.4 Å². The second kappa shape index (κ2) is 3.47. The van der Waals surface area contributed by atoms with Crippen LogP contribution in [0.1, 0.15) is 30.3 Å². The highest BCUT2D eigenvalue weighted by molar-refractivity contribution is 5.13. The molecule has 1 fully saturated rings. The predicted octanol–water partition coefficient (Wildman–Crippen LogP) is 0.730. The first-order chi connectivity index (χ1) is 6.31. The number of aryl methyl sites for hydroxylation is 1. The first-order valence-electron chi connectivity index (χ1n) is 4.65. The van der Waals surface area contributed by atoms with Crippen molar-refractivity contribution in [1.82, 2.24) is 9.78 Å². The Morgan fingerprint density at radius 2 is 2.62 bits per heavy atom. The molecule has 0 radical (unpaired) electrons. The molecule has 13 heavy (non-hydrogen) atoms. The topological polar surface area (TPSA) is 53.1 Å². The standard InChI is InChI=1S/C9H15N3O/c1-12-7(6-10)5-8(11-12)9-3-2-4-13-9/h5,9H,2-4,6,10H2,1H3. The van der Waals surface area contributed by atoms with E-state index in [9.17, 15) is 0 Å². The van der Waals surface area contributed by atoms with Gasteiger partial charge in [0.1, 0.15) is 6.10 Å². The minimum Gasteiger partial charge on any atom is -0.372 e. The van der Waals surface area contributed by atoms with Crippen molar-refractivity contribution in [3.05, 3.63) is 17.5 Å². The molecule has 0 amide bonds. The third kappa shape index (κ3) is 1.59. The van der Waals surface area contributed by atoms with Gasteiger partial charge in [0, 0.05) is 20.2 Å². The molecule has 4 nitrogen and oxygen atoms in total. The average Bonchev–Trinajstić information content (AvgIpc) is 2.71. The van der Waals surface area contributed by atoms with E-state index in [0.717, 1.165) is 30.8 Å². The van der Waals surface area contributed by atoms with Gasteiger partial charge in [0.2, 0.25) is 0 Å². The van der Waals surface area contributed by atoms with Gasteiger partial charge < -0.3 is 10.5 Å². The molecular weight excluding hydrogens is 166 g/mol. The summed E-state index contributed by atoms with van der Waals surface area (Å²) in [5, 5.41) is 4.38. The minimum atomic E-state index is 0.200. The lowest BCUT2D eigenvalue weighted by molar-refractivity contribution is 0.108. The molecule has 2 rings (SSSR count). The zero-order valence-electron chi connectivity index (χ0n) is 7.86. The lowest BCUT2D eigenvalue weighted by Crippen LogP contribution is -2.04. The minimum absolute atomic E-state index is 0.200. The van der Waals surface area contributed by atoms with E-state index in [-0.39, 0.29) is 6.10 Å². The largest absolute Gasteiger partial charge is 0.372 e. The normalized spacial score (nSPS) is 22.5. The second-order valence-electron chi connectivity index (χ2n) is 3.39. The Balaban J connectivity index is 2.20. The van der Waals surface area contributed by atoms with Gasteiger partial charge >= 0.3 is 0 Å². The fourth-order valence-electron chi connectivity index (χ4n) is 1.69. The van der Waals surface area contributed by atoms with Crippen LogP contribution in [0.2, 0.25) is 0 Å². The Hall–Kier alpha value is -0.870. The summed E-state index contributed by atoms with van der Waals surface area (Å²) in [4.78, 5) is 0. The molecule has 0 spiro atoms. The van der Waals surface area contributed by atoms with E-state index in [1.54, 1.807) is 0 Å². The van der Waals surface area contributed by atoms with Crippen LogP contribution >= 0.6 is 0 Å². The first-order valence-corrected chi connectivity index (χ1v) is 4.65. The quantitative estimate of drug-likeness (QED) is 0.731. The summed E-state index contributed by atoms with van der Waals surface area (Å²) in [6.07, 6.45) is 2.42. The molecule has 2 N–H and O–H groups in total. The molecule has 1 aliphatic rings. The molecule has 1 aromatic rings. The van der Waals surface area contributed by atoms with Gasteiger partial charge in [0.25, 0.3) is 0 Å². The van der Waals surface area contributed by atoms with Gasteiger partial charge in [-0.15, -0.1) is 0 Å². The predicted molar refractivity (Wildman–Crippen MR) is 49.0 cm³/mol. The summed E-state index contributed by atoms with van der Waals surface area (Å²) in [5.41, 5.74) is 7.65. The number of nitrogens with two attached hydrogens (primary N) is 1. The monoisotopic (exact) mass is 181 g/mol. The highest BCUT2D eigenvalue weighted by atomic mass is 16.5. The first kappa shape index (κ1) is 8.72. The molecule has 2 heterocycles. The number of ether oxygens (including phenoxy) is 1. The van der Waals surface area contributed by atoms with Gasteiger partial charge in [-0.3, -0.25) is 4.68 Å². The Labute approximate surface area is 77.7 Å². The smallest absolute Gasteiger partial charge is 0.101 e. The van der Waals surface area contributed by atoms with E-state index >= 15 is 0 Å². The summed E-state index contributed by atoms with van der Waals surface area (Å²) in [6.45, 7) is 1.40. The molecule has 1 atom stereocenters. The number of rotatable bonds is 2. The highest BCUT2D eigenvalue weighted by Crippen LogP contribution is 2.27. The van der Waals surface area contributed by atoms with Gasteiger partial charge in [-0.1, -0.05) is 0 Å². The van der Waals surface area contributed by atoms with Gasteiger partial charge in [-0.25, -0.2) is 0 Å². The maximum absolute atomic E-state index is 5.56. The van der Waals surface area contributed by atoms with Crippen molar-refractivity contribution in [2.45, 2.75) is 25.5 Å². The Morgan fingerprint density at radius 1 is 1.77 bits per heavy atom. The Bertz CT molecular complexity index is 289. The lowest BCUT2D eigenvalue weighted by atomic mass is 10.2. The average molecular weight is 181 g/mol. The summed E-state index contributed by atoms with van der Waals surface area (Å²) < 4.78 is 7.37.